The van der Waals surface area contributed by atoms with Gasteiger partial charge in [-0.05, 0) is 50.3 Å². The molecule has 0 spiro atoms. The van der Waals surface area contributed by atoms with Crippen LogP contribution in [0.2, 0.25) is 0 Å². The van der Waals surface area contributed by atoms with Crippen molar-refractivity contribution >= 4 is 12.0 Å². The molecule has 1 heterocycles. The first-order valence-corrected chi connectivity index (χ1v) is 8.24. The lowest BCUT2D eigenvalue weighted by atomic mass is 10.1. The average molecular weight is 334 g/mol. The van der Waals surface area contributed by atoms with Crippen LogP contribution in [0.25, 0.3) is 0 Å². The highest BCUT2D eigenvalue weighted by Gasteiger charge is 2.24. The summed E-state index contributed by atoms with van der Waals surface area (Å²) in [6.07, 6.45) is 1.14. The number of methoxy groups -OCH3 is 1. The molecule has 0 aliphatic carbocycles. The molecule has 2 rings (SSSR count). The number of nitrogens with zero attached hydrogens (tertiary/aromatic N) is 1. The number of carbonyl (C=O) groups excluding carboxylic acids is 2. The molecule has 0 bridgehead atoms. The zero-order valence-electron chi connectivity index (χ0n) is 14.8. The van der Waals surface area contributed by atoms with Gasteiger partial charge in [-0.15, -0.1) is 0 Å². The Labute approximate surface area is 143 Å². The summed E-state index contributed by atoms with van der Waals surface area (Å²) in [7, 11) is 1.38. The van der Waals surface area contributed by atoms with Crippen LogP contribution in [-0.2, 0) is 9.53 Å². The Morgan fingerprint density at radius 1 is 1.17 bits per heavy atom. The highest BCUT2D eigenvalue weighted by atomic mass is 16.5. The minimum absolute atomic E-state index is 0.00233. The van der Waals surface area contributed by atoms with Gasteiger partial charge in [-0.2, -0.15) is 0 Å². The summed E-state index contributed by atoms with van der Waals surface area (Å²) in [6.45, 7) is 7.18. The summed E-state index contributed by atoms with van der Waals surface area (Å²) < 4.78 is 10.4. The molecular weight excluding hydrogens is 308 g/mol. The third-order valence-electron chi connectivity index (χ3n) is 4.51. The maximum Gasteiger partial charge on any atom is 0.409 e. The van der Waals surface area contributed by atoms with Gasteiger partial charge in [-0.25, -0.2) is 4.79 Å². The van der Waals surface area contributed by atoms with E-state index in [1.54, 1.807) is 4.90 Å². The summed E-state index contributed by atoms with van der Waals surface area (Å²) in [6, 6.07) is 4.12. The zero-order valence-corrected chi connectivity index (χ0v) is 14.8. The van der Waals surface area contributed by atoms with E-state index in [1.807, 2.05) is 32.9 Å². The third kappa shape index (κ3) is 4.40. The number of hydrogen-bond acceptors (Lipinski definition) is 4. The van der Waals surface area contributed by atoms with Gasteiger partial charge in [0, 0.05) is 19.1 Å². The Morgan fingerprint density at radius 2 is 1.79 bits per heavy atom. The fourth-order valence-corrected chi connectivity index (χ4v) is 2.89. The van der Waals surface area contributed by atoms with E-state index in [2.05, 4.69) is 5.32 Å². The SMILES string of the molecule is COC(=O)N1CCC(NC(=O)COc2c(C)ccc(C)c2C)CC1. The first-order valence-electron chi connectivity index (χ1n) is 8.24. The van der Waals surface area contributed by atoms with Crippen molar-refractivity contribution in [2.75, 3.05) is 26.8 Å². The largest absolute Gasteiger partial charge is 0.483 e. The molecule has 1 aromatic carbocycles. The Kier molecular flexibility index (Phi) is 6.06. The van der Waals surface area contributed by atoms with Crippen molar-refractivity contribution in [2.45, 2.75) is 39.7 Å². The average Bonchev–Trinajstić information content (AvgIpc) is 2.58. The monoisotopic (exact) mass is 334 g/mol. The summed E-state index contributed by atoms with van der Waals surface area (Å²) in [4.78, 5) is 25.2. The van der Waals surface area contributed by atoms with E-state index in [4.69, 9.17) is 9.47 Å². The van der Waals surface area contributed by atoms with Crippen LogP contribution in [0.3, 0.4) is 0 Å². The van der Waals surface area contributed by atoms with Crippen LogP contribution in [-0.4, -0.2) is 49.7 Å². The van der Waals surface area contributed by atoms with Crippen molar-refractivity contribution in [3.05, 3.63) is 28.8 Å². The summed E-state index contributed by atoms with van der Waals surface area (Å²) in [5.74, 6) is 0.650. The number of likely N-dealkylation sites (tertiary alicyclic amines) is 1. The molecule has 1 aromatic rings. The van der Waals surface area contributed by atoms with E-state index in [0.717, 1.165) is 35.3 Å². The lowest BCUT2D eigenvalue weighted by Crippen LogP contribution is -2.47. The molecule has 6 nitrogen and oxygen atoms in total. The molecule has 6 heteroatoms. The number of benzene rings is 1. The van der Waals surface area contributed by atoms with Gasteiger partial charge in [-0.1, -0.05) is 12.1 Å². The smallest absolute Gasteiger partial charge is 0.409 e. The first kappa shape index (κ1) is 18.1. The normalized spacial score (nSPS) is 15.1. The number of ether oxygens (including phenoxy) is 2. The maximum absolute atomic E-state index is 12.1. The summed E-state index contributed by atoms with van der Waals surface area (Å²) >= 11 is 0. The van der Waals surface area contributed by atoms with Crippen LogP contribution < -0.4 is 10.1 Å². The Hall–Kier alpha value is -2.24. The lowest BCUT2D eigenvalue weighted by Gasteiger charge is -2.31. The molecule has 0 saturated carbocycles. The van der Waals surface area contributed by atoms with E-state index in [0.29, 0.717) is 13.1 Å². The van der Waals surface area contributed by atoms with Gasteiger partial charge in [0.05, 0.1) is 7.11 Å². The third-order valence-corrected chi connectivity index (χ3v) is 4.51. The molecule has 24 heavy (non-hydrogen) atoms. The van der Waals surface area contributed by atoms with Crippen molar-refractivity contribution in [3.63, 3.8) is 0 Å². The fraction of sp³-hybridized carbons (Fsp3) is 0.556. The van der Waals surface area contributed by atoms with E-state index < -0.39 is 0 Å². The first-order chi connectivity index (χ1) is 11.4. The van der Waals surface area contributed by atoms with Gasteiger partial charge in [0.25, 0.3) is 5.91 Å². The highest BCUT2D eigenvalue weighted by molar-refractivity contribution is 5.78. The molecule has 0 atom stereocenters. The molecule has 0 unspecified atom stereocenters. The van der Waals surface area contributed by atoms with Crippen LogP contribution in [0.4, 0.5) is 4.79 Å². The van der Waals surface area contributed by atoms with E-state index in [1.165, 1.54) is 7.11 Å². The van der Waals surface area contributed by atoms with Crippen molar-refractivity contribution < 1.29 is 19.1 Å². The van der Waals surface area contributed by atoms with E-state index in [9.17, 15) is 9.59 Å². The fourth-order valence-electron chi connectivity index (χ4n) is 2.89. The molecule has 1 saturated heterocycles. The molecule has 1 aliphatic rings. The van der Waals surface area contributed by atoms with Gasteiger partial charge in [0.1, 0.15) is 5.75 Å². The molecule has 132 valence electrons. The van der Waals surface area contributed by atoms with Gasteiger partial charge >= 0.3 is 6.09 Å². The number of piperidine rings is 1. The molecule has 2 amide bonds. The minimum Gasteiger partial charge on any atom is -0.483 e. The molecular formula is C18H26N2O4. The Bertz CT molecular complexity index is 607. The number of hydrogen-bond donors (Lipinski definition) is 1. The minimum atomic E-state index is -0.312. The van der Waals surface area contributed by atoms with Crippen LogP contribution in [0.15, 0.2) is 12.1 Å². The van der Waals surface area contributed by atoms with Crippen LogP contribution in [0, 0.1) is 20.8 Å². The Morgan fingerprint density at radius 3 is 2.42 bits per heavy atom. The number of amides is 2. The molecule has 1 fully saturated rings. The van der Waals surface area contributed by atoms with Crippen molar-refractivity contribution in [3.8, 4) is 5.75 Å². The topological polar surface area (TPSA) is 67.9 Å². The van der Waals surface area contributed by atoms with Crippen molar-refractivity contribution in [2.24, 2.45) is 0 Å². The maximum atomic E-state index is 12.1. The van der Waals surface area contributed by atoms with E-state index >= 15 is 0 Å². The number of aryl methyl sites for hydroxylation is 2. The predicted molar refractivity (Wildman–Crippen MR) is 91.3 cm³/mol. The molecule has 1 aliphatic heterocycles. The number of carbonyl (C=O) groups is 2. The predicted octanol–water partition coefficient (Wildman–Crippen LogP) is 2.34. The van der Waals surface area contributed by atoms with Crippen LogP contribution >= 0.6 is 0 Å². The molecule has 1 N–H and O–H groups in total. The second-order valence-electron chi connectivity index (χ2n) is 6.24. The number of rotatable bonds is 4. The highest BCUT2D eigenvalue weighted by Crippen LogP contribution is 2.25. The van der Waals surface area contributed by atoms with E-state index in [-0.39, 0.29) is 24.6 Å². The Balaban J connectivity index is 1.81. The van der Waals surface area contributed by atoms with Crippen molar-refractivity contribution in [1.29, 1.82) is 0 Å². The van der Waals surface area contributed by atoms with Gasteiger partial charge in [0.2, 0.25) is 0 Å². The number of nitrogens with one attached hydrogen (secondary N) is 1. The van der Waals surface area contributed by atoms with Crippen molar-refractivity contribution in [1.82, 2.24) is 10.2 Å². The van der Waals surface area contributed by atoms with Gasteiger partial charge in [-0.3, -0.25) is 4.79 Å². The van der Waals surface area contributed by atoms with Gasteiger partial charge < -0.3 is 19.7 Å². The quantitative estimate of drug-likeness (QED) is 0.918. The van der Waals surface area contributed by atoms with Crippen LogP contribution in [0.1, 0.15) is 29.5 Å². The van der Waals surface area contributed by atoms with Gasteiger partial charge in [0.15, 0.2) is 6.61 Å². The molecule has 0 aromatic heterocycles. The van der Waals surface area contributed by atoms with Crippen LogP contribution in [0.5, 0.6) is 5.75 Å². The second-order valence-corrected chi connectivity index (χ2v) is 6.24. The lowest BCUT2D eigenvalue weighted by molar-refractivity contribution is -0.124. The second kappa shape index (κ2) is 8.04. The zero-order chi connectivity index (χ0) is 17.7. The standard InChI is InChI=1S/C18H26N2O4/c1-12-5-6-13(2)17(14(12)3)24-11-16(21)19-15-7-9-20(10-8-15)18(22)23-4/h5-6,15H,7-11H2,1-4H3,(H,19,21). The summed E-state index contributed by atoms with van der Waals surface area (Å²) in [5, 5.41) is 2.98. The summed E-state index contributed by atoms with van der Waals surface area (Å²) in [5.41, 5.74) is 3.23. The molecule has 0 radical (unpaired) electrons.